The first-order valence-electron chi connectivity index (χ1n) is 8.23. The van der Waals surface area contributed by atoms with Gasteiger partial charge in [0.2, 0.25) is 11.2 Å². The van der Waals surface area contributed by atoms with Crippen molar-refractivity contribution in [3.8, 4) is 17.2 Å². The predicted octanol–water partition coefficient (Wildman–Crippen LogP) is 3.48. The van der Waals surface area contributed by atoms with E-state index in [0.717, 1.165) is 40.4 Å². The zero-order valence-corrected chi connectivity index (χ0v) is 13.3. The van der Waals surface area contributed by atoms with E-state index in [9.17, 15) is 0 Å². The second-order valence-corrected chi connectivity index (χ2v) is 6.20. The summed E-state index contributed by atoms with van der Waals surface area (Å²) in [6, 6.07) is 18.4. The number of hydrogen-bond donors (Lipinski definition) is 0. The smallest absolute Gasteiger partial charge is 0.341 e. The monoisotopic (exact) mass is 325 g/mol. The molecular formula is C20H13N4O+. The van der Waals surface area contributed by atoms with Crippen molar-refractivity contribution >= 4 is 22.3 Å². The predicted molar refractivity (Wildman–Crippen MR) is 93.4 cm³/mol. The average Bonchev–Trinajstić information content (AvgIpc) is 3.30. The minimum Gasteiger partial charge on any atom is -0.400 e. The van der Waals surface area contributed by atoms with Gasteiger partial charge in [0, 0.05) is 18.0 Å². The van der Waals surface area contributed by atoms with Gasteiger partial charge in [-0.05, 0) is 30.3 Å². The summed E-state index contributed by atoms with van der Waals surface area (Å²) in [5, 5.41) is 1.01. The molecule has 0 amide bonds. The number of imidazole rings is 1. The standard InChI is InChI=1S/C20H13N4O/c1-2-7-14(8-3-1)24-17-15-9-5-11-22-18(15)25-20(17)23-12-13-6-4-10-21-16(13)19(23)24/h1-11H,12H2/q+1. The molecule has 0 atom stereocenters. The Bertz CT molecular complexity index is 1270. The summed E-state index contributed by atoms with van der Waals surface area (Å²) >= 11 is 0. The average molecular weight is 325 g/mol. The van der Waals surface area contributed by atoms with Crippen LogP contribution in [-0.4, -0.2) is 14.5 Å². The first-order chi connectivity index (χ1) is 12.4. The highest BCUT2D eigenvalue weighted by Crippen LogP contribution is 2.36. The van der Waals surface area contributed by atoms with Crippen molar-refractivity contribution in [2.45, 2.75) is 6.54 Å². The summed E-state index contributed by atoms with van der Waals surface area (Å²) < 4.78 is 10.6. The van der Waals surface area contributed by atoms with Gasteiger partial charge in [-0.15, -0.1) is 0 Å². The lowest BCUT2D eigenvalue weighted by molar-refractivity contribution is -0.652. The van der Waals surface area contributed by atoms with E-state index in [-0.39, 0.29) is 0 Å². The van der Waals surface area contributed by atoms with Gasteiger partial charge < -0.3 is 4.42 Å². The van der Waals surface area contributed by atoms with Gasteiger partial charge in [-0.25, -0.2) is 9.97 Å². The number of furan rings is 1. The third kappa shape index (κ3) is 1.59. The molecule has 4 aromatic heterocycles. The largest absolute Gasteiger partial charge is 0.400 e. The Morgan fingerprint density at radius 3 is 2.68 bits per heavy atom. The first-order valence-corrected chi connectivity index (χ1v) is 8.23. The van der Waals surface area contributed by atoms with Gasteiger partial charge in [0.15, 0.2) is 5.69 Å². The van der Waals surface area contributed by atoms with E-state index in [4.69, 9.17) is 4.42 Å². The quantitative estimate of drug-likeness (QED) is 0.435. The number of hydrogen-bond acceptors (Lipinski definition) is 3. The van der Waals surface area contributed by atoms with Crippen LogP contribution in [0.1, 0.15) is 5.56 Å². The van der Waals surface area contributed by atoms with Crippen LogP contribution in [0.15, 0.2) is 71.4 Å². The van der Waals surface area contributed by atoms with Crippen molar-refractivity contribution < 1.29 is 8.98 Å². The Hall–Kier alpha value is -3.47. The molecule has 5 heteroatoms. The zero-order chi connectivity index (χ0) is 16.4. The molecule has 0 bridgehead atoms. The number of fused-ring (bicyclic) bond motifs is 7. The van der Waals surface area contributed by atoms with Gasteiger partial charge in [-0.2, -0.15) is 9.13 Å². The third-order valence-electron chi connectivity index (χ3n) is 4.80. The molecule has 0 spiro atoms. The number of nitrogens with zero attached hydrogens (tertiary/aromatic N) is 4. The zero-order valence-electron chi connectivity index (χ0n) is 13.3. The van der Waals surface area contributed by atoms with Gasteiger partial charge in [0.25, 0.3) is 0 Å². The molecule has 0 fully saturated rings. The Labute approximate surface area is 142 Å². The Morgan fingerprint density at radius 2 is 1.76 bits per heavy atom. The molecule has 0 saturated heterocycles. The van der Waals surface area contributed by atoms with Crippen molar-refractivity contribution in [1.82, 2.24) is 14.5 Å². The number of aromatic nitrogens is 4. The molecule has 0 aliphatic carbocycles. The van der Waals surface area contributed by atoms with Crippen molar-refractivity contribution in [3.05, 3.63) is 72.6 Å². The lowest BCUT2D eigenvalue weighted by atomic mass is 10.2. The van der Waals surface area contributed by atoms with Crippen LogP contribution in [0.4, 0.5) is 0 Å². The van der Waals surface area contributed by atoms with Gasteiger partial charge in [-0.1, -0.05) is 24.3 Å². The van der Waals surface area contributed by atoms with E-state index in [1.165, 1.54) is 5.56 Å². The summed E-state index contributed by atoms with van der Waals surface area (Å²) in [4.78, 5) is 9.03. The lowest BCUT2D eigenvalue weighted by Gasteiger charge is -2.00. The van der Waals surface area contributed by atoms with Gasteiger partial charge in [0.1, 0.15) is 12.2 Å². The maximum Gasteiger partial charge on any atom is 0.341 e. The Balaban J connectivity index is 1.84. The molecule has 1 aromatic carbocycles. The van der Waals surface area contributed by atoms with Gasteiger partial charge in [0.05, 0.1) is 5.39 Å². The van der Waals surface area contributed by atoms with E-state index < -0.39 is 0 Å². The molecule has 0 unspecified atom stereocenters. The van der Waals surface area contributed by atoms with E-state index in [1.54, 1.807) is 6.20 Å². The molecule has 25 heavy (non-hydrogen) atoms. The highest BCUT2D eigenvalue weighted by atomic mass is 16.4. The third-order valence-corrected chi connectivity index (χ3v) is 4.80. The summed E-state index contributed by atoms with van der Waals surface area (Å²) in [5.74, 6) is 1.06. The molecule has 1 aliphatic heterocycles. The molecule has 5 aromatic rings. The minimum atomic E-state index is 0.663. The van der Waals surface area contributed by atoms with E-state index in [0.29, 0.717) is 5.71 Å². The normalized spacial score (nSPS) is 12.6. The molecule has 1 aliphatic rings. The number of pyridine rings is 2. The highest BCUT2D eigenvalue weighted by molar-refractivity contribution is 6.01. The Morgan fingerprint density at radius 1 is 0.920 bits per heavy atom. The van der Waals surface area contributed by atoms with Crippen molar-refractivity contribution in [2.24, 2.45) is 0 Å². The summed E-state index contributed by atoms with van der Waals surface area (Å²) in [6.45, 7) is 0.759. The number of rotatable bonds is 1. The van der Waals surface area contributed by atoms with Crippen LogP contribution in [0, 0.1) is 0 Å². The molecule has 5 heterocycles. The highest BCUT2D eigenvalue weighted by Gasteiger charge is 2.39. The van der Waals surface area contributed by atoms with E-state index in [2.05, 4.69) is 43.4 Å². The fourth-order valence-corrected chi connectivity index (χ4v) is 3.78. The minimum absolute atomic E-state index is 0.663. The Kier molecular flexibility index (Phi) is 2.34. The van der Waals surface area contributed by atoms with Crippen molar-refractivity contribution in [1.29, 1.82) is 0 Å². The summed E-state index contributed by atoms with van der Waals surface area (Å²) in [6.07, 6.45) is 3.61. The van der Waals surface area contributed by atoms with Crippen LogP contribution in [0.5, 0.6) is 0 Å². The second-order valence-electron chi connectivity index (χ2n) is 6.20. The van der Waals surface area contributed by atoms with Crippen LogP contribution in [0.2, 0.25) is 0 Å². The molecule has 5 nitrogen and oxygen atoms in total. The van der Waals surface area contributed by atoms with Crippen LogP contribution in [-0.2, 0) is 6.54 Å². The van der Waals surface area contributed by atoms with Crippen LogP contribution >= 0.6 is 0 Å². The molecule has 0 saturated carbocycles. The maximum atomic E-state index is 6.13. The SMILES string of the molecule is c1ccc(-n2c3[n+](c4oc5ncccc5c42)Cc2cccnc2-3)cc1. The lowest BCUT2D eigenvalue weighted by Crippen LogP contribution is -2.31. The fourth-order valence-electron chi connectivity index (χ4n) is 3.78. The molecular weight excluding hydrogens is 312 g/mol. The topological polar surface area (TPSA) is 47.7 Å². The van der Waals surface area contributed by atoms with E-state index >= 15 is 0 Å². The van der Waals surface area contributed by atoms with Crippen LogP contribution in [0.3, 0.4) is 0 Å². The van der Waals surface area contributed by atoms with Gasteiger partial charge >= 0.3 is 11.5 Å². The second kappa shape index (κ2) is 4.54. The van der Waals surface area contributed by atoms with E-state index in [1.807, 2.05) is 36.5 Å². The van der Waals surface area contributed by atoms with Gasteiger partial charge in [-0.3, -0.25) is 0 Å². The molecule has 6 rings (SSSR count). The molecule has 118 valence electrons. The maximum absolute atomic E-state index is 6.13. The molecule has 0 radical (unpaired) electrons. The fraction of sp³-hybridized carbons (Fsp3) is 0.0500. The molecule has 0 N–H and O–H groups in total. The number of benzene rings is 1. The number of para-hydroxylation sites is 1. The summed E-state index contributed by atoms with van der Waals surface area (Å²) in [5.41, 5.74) is 5.85. The van der Waals surface area contributed by atoms with Crippen LogP contribution < -0.4 is 4.57 Å². The van der Waals surface area contributed by atoms with Crippen LogP contribution in [0.25, 0.3) is 39.5 Å². The summed E-state index contributed by atoms with van der Waals surface area (Å²) in [7, 11) is 0. The van der Waals surface area contributed by atoms with Crippen molar-refractivity contribution in [2.75, 3.05) is 0 Å². The van der Waals surface area contributed by atoms with Crippen molar-refractivity contribution in [3.63, 3.8) is 0 Å². The first kappa shape index (κ1) is 12.9.